The van der Waals surface area contributed by atoms with Gasteiger partial charge < -0.3 is 24.9 Å². The molecule has 0 aliphatic rings. The smallest absolute Gasteiger partial charge is 0.287 e. The minimum atomic E-state index is -0.419. The molecule has 0 bridgehead atoms. The number of hydrogen-bond donors (Lipinski definition) is 3. The maximum Gasteiger partial charge on any atom is 0.287 e. The van der Waals surface area contributed by atoms with Gasteiger partial charge in [0.15, 0.2) is 5.76 Å². The van der Waals surface area contributed by atoms with Crippen LogP contribution in [0.1, 0.15) is 27.6 Å². The van der Waals surface area contributed by atoms with Gasteiger partial charge in [-0.25, -0.2) is 0 Å². The van der Waals surface area contributed by atoms with Gasteiger partial charge in [-0.3, -0.25) is 9.59 Å². The topological polar surface area (TPSA) is 90.4 Å². The van der Waals surface area contributed by atoms with Crippen LogP contribution in [0.2, 0.25) is 0 Å². The van der Waals surface area contributed by atoms with Crippen molar-refractivity contribution in [1.29, 1.82) is 0 Å². The van der Waals surface area contributed by atoms with E-state index in [1.165, 1.54) is 6.26 Å². The number of aromatic amines is 1. The van der Waals surface area contributed by atoms with Gasteiger partial charge in [-0.05, 0) is 41.5 Å². The predicted molar refractivity (Wildman–Crippen MR) is 125 cm³/mol. The first-order chi connectivity index (χ1) is 15.5. The summed E-state index contributed by atoms with van der Waals surface area (Å²) < 4.78 is 5.05. The molecule has 7 nitrogen and oxygen atoms in total. The van der Waals surface area contributed by atoms with E-state index in [2.05, 4.69) is 45.9 Å². The average Bonchev–Trinajstić information content (AvgIpc) is 3.49. The summed E-state index contributed by atoms with van der Waals surface area (Å²) in [5.41, 5.74) is 4.36. The van der Waals surface area contributed by atoms with E-state index in [9.17, 15) is 9.59 Å². The second-order valence-electron chi connectivity index (χ2n) is 7.79. The monoisotopic (exact) mass is 430 g/mol. The first-order valence-electron chi connectivity index (χ1n) is 10.4. The van der Waals surface area contributed by atoms with Crippen LogP contribution >= 0.6 is 0 Å². The van der Waals surface area contributed by atoms with Gasteiger partial charge in [-0.2, -0.15) is 0 Å². The summed E-state index contributed by atoms with van der Waals surface area (Å²) in [6.45, 7) is 0.276. The summed E-state index contributed by atoms with van der Waals surface area (Å²) in [4.78, 5) is 29.8. The Kier molecular flexibility index (Phi) is 6.26. The first-order valence-corrected chi connectivity index (χ1v) is 10.4. The molecule has 0 fully saturated rings. The lowest BCUT2D eigenvalue weighted by atomic mass is 9.90. The van der Waals surface area contributed by atoms with E-state index >= 15 is 0 Å². The van der Waals surface area contributed by atoms with Crippen molar-refractivity contribution in [2.75, 3.05) is 32.1 Å². The summed E-state index contributed by atoms with van der Waals surface area (Å²) in [5.74, 6) is -0.556. The zero-order valence-electron chi connectivity index (χ0n) is 18.1. The molecule has 7 heteroatoms. The Bertz CT molecular complexity index is 1190. The highest BCUT2D eigenvalue weighted by Gasteiger charge is 2.20. The number of benzene rings is 2. The maximum absolute atomic E-state index is 12.5. The van der Waals surface area contributed by atoms with E-state index < -0.39 is 5.91 Å². The van der Waals surface area contributed by atoms with Crippen LogP contribution in [0.3, 0.4) is 0 Å². The molecule has 3 N–H and O–H groups in total. The van der Waals surface area contributed by atoms with Crippen molar-refractivity contribution in [3.8, 4) is 0 Å². The summed E-state index contributed by atoms with van der Waals surface area (Å²) in [6, 6.07) is 19.6. The number of aromatic nitrogens is 1. The third-order valence-electron chi connectivity index (χ3n) is 5.47. The molecule has 2 aromatic heterocycles. The molecule has 0 radical (unpaired) electrons. The van der Waals surface area contributed by atoms with Crippen molar-refractivity contribution in [3.63, 3.8) is 0 Å². The fourth-order valence-electron chi connectivity index (χ4n) is 3.73. The summed E-state index contributed by atoms with van der Waals surface area (Å²) >= 11 is 0. The summed E-state index contributed by atoms with van der Waals surface area (Å²) in [5, 5.41) is 6.66. The molecule has 0 saturated heterocycles. The van der Waals surface area contributed by atoms with Gasteiger partial charge in [-0.15, -0.1) is 0 Å². The Morgan fingerprint density at radius 3 is 2.50 bits per heavy atom. The fourth-order valence-corrected chi connectivity index (χ4v) is 3.73. The van der Waals surface area contributed by atoms with E-state index in [-0.39, 0.29) is 24.1 Å². The van der Waals surface area contributed by atoms with E-state index in [0.29, 0.717) is 6.54 Å². The van der Waals surface area contributed by atoms with E-state index in [0.717, 1.165) is 27.7 Å². The van der Waals surface area contributed by atoms with Crippen LogP contribution in [0.5, 0.6) is 0 Å². The van der Waals surface area contributed by atoms with Crippen molar-refractivity contribution in [3.05, 3.63) is 90.0 Å². The van der Waals surface area contributed by atoms with Gasteiger partial charge in [0.25, 0.3) is 5.91 Å². The average molecular weight is 431 g/mol. The van der Waals surface area contributed by atoms with E-state index in [1.54, 1.807) is 12.1 Å². The van der Waals surface area contributed by atoms with Gasteiger partial charge in [0.1, 0.15) is 0 Å². The molecule has 2 heterocycles. The van der Waals surface area contributed by atoms with Crippen molar-refractivity contribution < 1.29 is 14.0 Å². The molecule has 0 spiro atoms. The SMILES string of the molecule is CN(C)c1ccc([C@H](CNC(=O)CNC(=O)c2ccco2)c2c[nH]c3ccccc23)cc1. The lowest BCUT2D eigenvalue weighted by molar-refractivity contribution is -0.120. The molecule has 2 aromatic carbocycles. The molecule has 32 heavy (non-hydrogen) atoms. The fraction of sp³-hybridized carbons (Fsp3) is 0.200. The Morgan fingerprint density at radius 2 is 1.78 bits per heavy atom. The number of anilines is 1. The number of carbonyl (C=O) groups excluding carboxylic acids is 2. The maximum atomic E-state index is 12.5. The first kappa shape index (κ1) is 21.2. The highest BCUT2D eigenvalue weighted by atomic mass is 16.3. The lowest BCUT2D eigenvalue weighted by Crippen LogP contribution is -2.38. The van der Waals surface area contributed by atoms with Crippen LogP contribution in [0.15, 0.2) is 77.5 Å². The van der Waals surface area contributed by atoms with E-state index in [1.807, 2.05) is 43.4 Å². The Hall–Kier alpha value is -4.00. The van der Waals surface area contributed by atoms with E-state index in [4.69, 9.17) is 4.42 Å². The molecule has 0 aliphatic carbocycles. The normalized spacial score (nSPS) is 11.8. The zero-order valence-corrected chi connectivity index (χ0v) is 18.1. The van der Waals surface area contributed by atoms with Gasteiger partial charge in [0, 0.05) is 49.3 Å². The molecule has 4 rings (SSSR count). The van der Waals surface area contributed by atoms with Gasteiger partial charge in [-0.1, -0.05) is 30.3 Å². The summed E-state index contributed by atoms with van der Waals surface area (Å²) in [7, 11) is 4.01. The minimum absolute atomic E-state index is 0.0490. The number of H-pyrrole nitrogens is 1. The molecule has 2 amide bonds. The molecule has 0 saturated carbocycles. The summed E-state index contributed by atoms with van der Waals surface area (Å²) in [6.07, 6.45) is 3.42. The minimum Gasteiger partial charge on any atom is -0.459 e. The number of carbonyl (C=O) groups is 2. The van der Waals surface area contributed by atoms with Crippen molar-refractivity contribution in [2.24, 2.45) is 0 Å². The number of furan rings is 1. The standard InChI is InChI=1S/C25H26N4O3/c1-29(2)18-11-9-17(10-12-18)20(21-15-26-22-7-4-3-6-19(21)22)14-27-24(30)16-28-25(31)23-8-5-13-32-23/h3-13,15,20,26H,14,16H2,1-2H3,(H,27,30)(H,28,31)/t20-/m0/s1. The van der Waals surface area contributed by atoms with Gasteiger partial charge in [0.2, 0.25) is 5.91 Å². The Balaban J connectivity index is 1.50. The van der Waals surface area contributed by atoms with Gasteiger partial charge in [0.05, 0.1) is 12.8 Å². The van der Waals surface area contributed by atoms with Crippen LogP contribution < -0.4 is 15.5 Å². The van der Waals surface area contributed by atoms with Crippen LogP contribution in [-0.4, -0.2) is 44.0 Å². The molecule has 164 valence electrons. The van der Waals surface area contributed by atoms with Crippen molar-refractivity contribution in [1.82, 2.24) is 15.6 Å². The van der Waals surface area contributed by atoms with Crippen LogP contribution in [0.25, 0.3) is 10.9 Å². The second-order valence-corrected chi connectivity index (χ2v) is 7.79. The number of nitrogens with one attached hydrogen (secondary N) is 3. The van der Waals surface area contributed by atoms with Crippen molar-refractivity contribution in [2.45, 2.75) is 5.92 Å². The number of para-hydroxylation sites is 1. The number of hydrogen-bond acceptors (Lipinski definition) is 4. The zero-order chi connectivity index (χ0) is 22.5. The number of rotatable bonds is 8. The second kappa shape index (κ2) is 9.43. The third-order valence-corrected chi connectivity index (χ3v) is 5.47. The molecule has 4 aromatic rings. The Morgan fingerprint density at radius 1 is 1.00 bits per heavy atom. The predicted octanol–water partition coefficient (Wildman–Crippen LogP) is 3.51. The number of fused-ring (bicyclic) bond motifs is 1. The molecule has 1 atom stereocenters. The third kappa shape index (κ3) is 4.67. The number of nitrogens with zero attached hydrogens (tertiary/aromatic N) is 1. The van der Waals surface area contributed by atoms with Crippen molar-refractivity contribution >= 4 is 28.4 Å². The Labute approximate surface area is 186 Å². The number of amides is 2. The van der Waals surface area contributed by atoms with Crippen LogP contribution in [0, 0.1) is 0 Å². The highest BCUT2D eigenvalue weighted by Crippen LogP contribution is 2.31. The van der Waals surface area contributed by atoms with Crippen LogP contribution in [-0.2, 0) is 4.79 Å². The highest BCUT2D eigenvalue weighted by molar-refractivity contribution is 5.94. The molecule has 0 unspecified atom stereocenters. The molecule has 0 aliphatic heterocycles. The molecular weight excluding hydrogens is 404 g/mol. The largest absolute Gasteiger partial charge is 0.459 e. The molecular formula is C25H26N4O3. The lowest BCUT2D eigenvalue weighted by Gasteiger charge is -2.20. The quantitative estimate of drug-likeness (QED) is 0.399. The van der Waals surface area contributed by atoms with Gasteiger partial charge >= 0.3 is 0 Å². The van der Waals surface area contributed by atoms with Crippen LogP contribution in [0.4, 0.5) is 5.69 Å².